The summed E-state index contributed by atoms with van der Waals surface area (Å²) in [5.41, 5.74) is 3.30. The average Bonchev–Trinajstić information content (AvgIpc) is 3.38. The Bertz CT molecular complexity index is 1260. The van der Waals surface area contributed by atoms with Crippen molar-refractivity contribution >= 4 is 23.2 Å². The summed E-state index contributed by atoms with van der Waals surface area (Å²) in [6.07, 6.45) is 3.29. The molecule has 176 valence electrons. The fourth-order valence-electron chi connectivity index (χ4n) is 5.05. The topological polar surface area (TPSA) is 47.7 Å². The maximum atomic E-state index is 5.77. The number of fused-ring (bicyclic) bond motifs is 2. The Balaban J connectivity index is 0.00000241. The summed E-state index contributed by atoms with van der Waals surface area (Å²) in [6, 6.07) is 23.4. The normalized spacial score (nSPS) is 16.4. The van der Waals surface area contributed by atoms with Crippen molar-refractivity contribution in [1.82, 2.24) is 10.1 Å². The molecule has 0 bridgehead atoms. The molecule has 0 radical (unpaired) electrons. The second-order valence-electron chi connectivity index (χ2n) is 8.98. The molecule has 2 aliphatic rings. The quantitative estimate of drug-likeness (QED) is 0.348. The SMILES string of the molecule is Cl.c1ccc2c(CCN3CCC(c4cc(-c5ccc6c(c5)OCCO6)no4)CC3)cccc2c1. The summed E-state index contributed by atoms with van der Waals surface area (Å²) in [4.78, 5) is 2.58. The first-order valence-corrected chi connectivity index (χ1v) is 11.9. The number of likely N-dealkylation sites (tertiary alicyclic amines) is 1. The summed E-state index contributed by atoms with van der Waals surface area (Å²) >= 11 is 0. The third-order valence-corrected chi connectivity index (χ3v) is 6.93. The molecule has 0 spiro atoms. The highest BCUT2D eigenvalue weighted by Gasteiger charge is 2.24. The summed E-state index contributed by atoms with van der Waals surface area (Å²) in [5, 5.41) is 7.05. The molecule has 2 aliphatic heterocycles. The highest BCUT2D eigenvalue weighted by Crippen LogP contribution is 2.36. The number of hydrogen-bond acceptors (Lipinski definition) is 5. The minimum absolute atomic E-state index is 0. The molecular weight excluding hydrogens is 448 g/mol. The van der Waals surface area contributed by atoms with E-state index in [2.05, 4.69) is 58.6 Å². The third-order valence-electron chi connectivity index (χ3n) is 6.93. The van der Waals surface area contributed by atoms with Crippen LogP contribution < -0.4 is 9.47 Å². The molecule has 3 heterocycles. The second kappa shape index (κ2) is 10.1. The monoisotopic (exact) mass is 476 g/mol. The first-order chi connectivity index (χ1) is 16.3. The van der Waals surface area contributed by atoms with Crippen LogP contribution >= 0.6 is 12.4 Å². The summed E-state index contributed by atoms with van der Waals surface area (Å²) in [6.45, 7) is 4.46. The molecule has 3 aromatic carbocycles. The molecule has 1 aromatic heterocycles. The number of rotatable bonds is 5. The van der Waals surface area contributed by atoms with Gasteiger partial charge in [-0.15, -0.1) is 12.4 Å². The van der Waals surface area contributed by atoms with Crippen LogP contribution in [0.15, 0.2) is 71.3 Å². The van der Waals surface area contributed by atoms with Gasteiger partial charge in [-0.1, -0.05) is 47.6 Å². The number of nitrogens with zero attached hydrogens (tertiary/aromatic N) is 2. The van der Waals surface area contributed by atoms with Gasteiger partial charge < -0.3 is 18.9 Å². The maximum Gasteiger partial charge on any atom is 0.162 e. The molecule has 1 saturated heterocycles. The number of benzene rings is 3. The predicted molar refractivity (Wildman–Crippen MR) is 136 cm³/mol. The van der Waals surface area contributed by atoms with Gasteiger partial charge in [-0.05, 0) is 66.9 Å². The molecule has 5 nitrogen and oxygen atoms in total. The van der Waals surface area contributed by atoms with Crippen LogP contribution in [-0.2, 0) is 6.42 Å². The van der Waals surface area contributed by atoms with E-state index in [0.717, 1.165) is 67.4 Å². The molecule has 34 heavy (non-hydrogen) atoms. The lowest BCUT2D eigenvalue weighted by molar-refractivity contribution is 0.171. The van der Waals surface area contributed by atoms with Crippen LogP contribution in [0.25, 0.3) is 22.0 Å². The number of hydrogen-bond donors (Lipinski definition) is 0. The first-order valence-electron chi connectivity index (χ1n) is 11.9. The molecule has 0 saturated carbocycles. The number of ether oxygens (including phenoxy) is 2. The molecular formula is C28H29ClN2O3. The third kappa shape index (κ3) is 4.63. The molecule has 0 N–H and O–H groups in total. The lowest BCUT2D eigenvalue weighted by Gasteiger charge is -2.30. The highest BCUT2D eigenvalue weighted by molar-refractivity contribution is 5.86. The van der Waals surface area contributed by atoms with Crippen molar-refractivity contribution in [2.24, 2.45) is 0 Å². The van der Waals surface area contributed by atoms with E-state index in [1.807, 2.05) is 18.2 Å². The van der Waals surface area contributed by atoms with Crippen LogP contribution in [0.4, 0.5) is 0 Å². The zero-order valence-corrected chi connectivity index (χ0v) is 19.9. The minimum Gasteiger partial charge on any atom is -0.486 e. The van der Waals surface area contributed by atoms with E-state index in [4.69, 9.17) is 14.0 Å². The van der Waals surface area contributed by atoms with Crippen molar-refractivity contribution in [1.29, 1.82) is 0 Å². The largest absolute Gasteiger partial charge is 0.486 e. The van der Waals surface area contributed by atoms with E-state index in [0.29, 0.717) is 19.1 Å². The smallest absolute Gasteiger partial charge is 0.162 e. The molecule has 0 atom stereocenters. The van der Waals surface area contributed by atoms with Gasteiger partial charge in [0.2, 0.25) is 0 Å². The van der Waals surface area contributed by atoms with Crippen LogP contribution in [0, 0.1) is 0 Å². The Hall–Kier alpha value is -3.02. The second-order valence-corrected chi connectivity index (χ2v) is 8.98. The predicted octanol–water partition coefficient (Wildman–Crippen LogP) is 6.11. The fraction of sp³-hybridized carbons (Fsp3) is 0.321. The summed E-state index contributed by atoms with van der Waals surface area (Å²) in [5.74, 6) is 3.00. The van der Waals surface area contributed by atoms with Crippen molar-refractivity contribution in [3.8, 4) is 22.8 Å². The van der Waals surface area contributed by atoms with Gasteiger partial charge in [-0.2, -0.15) is 0 Å². The lowest BCUT2D eigenvalue weighted by Crippen LogP contribution is -2.34. The Morgan fingerprint density at radius 2 is 1.65 bits per heavy atom. The highest BCUT2D eigenvalue weighted by atomic mass is 35.5. The van der Waals surface area contributed by atoms with E-state index >= 15 is 0 Å². The number of halogens is 1. The average molecular weight is 477 g/mol. The van der Waals surface area contributed by atoms with E-state index < -0.39 is 0 Å². The Morgan fingerprint density at radius 3 is 2.53 bits per heavy atom. The van der Waals surface area contributed by atoms with Gasteiger partial charge in [0, 0.05) is 24.1 Å². The standard InChI is InChI=1S/C28H28N2O3.ClH/c1-2-7-24-20(4-1)5-3-6-21(24)10-13-30-14-11-22(12-15-30)27-19-25(29-33-27)23-8-9-26-28(18-23)32-17-16-31-26;/h1-9,18-19,22H,10-17H2;1H. The Morgan fingerprint density at radius 1 is 0.853 bits per heavy atom. The van der Waals surface area contributed by atoms with E-state index in [1.54, 1.807) is 0 Å². The van der Waals surface area contributed by atoms with Crippen LogP contribution in [0.3, 0.4) is 0 Å². The lowest BCUT2D eigenvalue weighted by atomic mass is 9.93. The van der Waals surface area contributed by atoms with Gasteiger partial charge in [-0.3, -0.25) is 0 Å². The molecule has 0 unspecified atom stereocenters. The number of aromatic nitrogens is 1. The van der Waals surface area contributed by atoms with Crippen molar-refractivity contribution in [2.75, 3.05) is 32.8 Å². The molecule has 4 aromatic rings. The van der Waals surface area contributed by atoms with E-state index in [9.17, 15) is 0 Å². The van der Waals surface area contributed by atoms with Crippen LogP contribution in [-0.4, -0.2) is 42.9 Å². The van der Waals surface area contributed by atoms with Gasteiger partial charge in [0.25, 0.3) is 0 Å². The zero-order chi connectivity index (χ0) is 22.0. The van der Waals surface area contributed by atoms with Crippen LogP contribution in [0.2, 0.25) is 0 Å². The van der Waals surface area contributed by atoms with Crippen molar-refractivity contribution in [3.05, 3.63) is 78.1 Å². The molecule has 6 rings (SSSR count). The molecule has 0 amide bonds. The van der Waals surface area contributed by atoms with E-state index in [1.165, 1.54) is 16.3 Å². The Kier molecular flexibility index (Phi) is 6.75. The van der Waals surface area contributed by atoms with Gasteiger partial charge in [0.1, 0.15) is 24.7 Å². The first kappa shape index (κ1) is 22.8. The Labute approximate surface area is 206 Å². The molecule has 6 heteroatoms. The zero-order valence-electron chi connectivity index (χ0n) is 19.1. The van der Waals surface area contributed by atoms with Crippen LogP contribution in [0.5, 0.6) is 11.5 Å². The molecule has 1 fully saturated rings. The van der Waals surface area contributed by atoms with Gasteiger partial charge >= 0.3 is 0 Å². The van der Waals surface area contributed by atoms with Gasteiger partial charge in [0.15, 0.2) is 11.5 Å². The maximum absolute atomic E-state index is 5.77. The molecule has 0 aliphatic carbocycles. The van der Waals surface area contributed by atoms with Crippen molar-refractivity contribution in [2.45, 2.75) is 25.2 Å². The van der Waals surface area contributed by atoms with E-state index in [-0.39, 0.29) is 12.4 Å². The van der Waals surface area contributed by atoms with Crippen LogP contribution in [0.1, 0.15) is 30.1 Å². The van der Waals surface area contributed by atoms with Crippen molar-refractivity contribution < 1.29 is 14.0 Å². The van der Waals surface area contributed by atoms with Crippen molar-refractivity contribution in [3.63, 3.8) is 0 Å². The minimum atomic E-state index is 0. The number of piperidine rings is 1. The summed E-state index contributed by atoms with van der Waals surface area (Å²) in [7, 11) is 0. The van der Waals surface area contributed by atoms with Gasteiger partial charge in [-0.25, -0.2) is 0 Å². The summed E-state index contributed by atoms with van der Waals surface area (Å²) < 4.78 is 17.1. The fourth-order valence-corrected chi connectivity index (χ4v) is 5.05. The van der Waals surface area contributed by atoms with Gasteiger partial charge in [0.05, 0.1) is 0 Å².